The van der Waals surface area contributed by atoms with Gasteiger partial charge < -0.3 is 9.88 Å². The molecule has 4 heteroatoms. The lowest BCUT2D eigenvalue weighted by Crippen LogP contribution is -2.34. The van der Waals surface area contributed by atoms with E-state index in [0.717, 1.165) is 32.4 Å². The summed E-state index contributed by atoms with van der Waals surface area (Å²) >= 11 is 0. The van der Waals surface area contributed by atoms with Crippen LogP contribution in [-0.2, 0) is 0 Å². The molecule has 2 aromatic rings. The van der Waals surface area contributed by atoms with Gasteiger partial charge in [0.05, 0.1) is 5.56 Å². The van der Waals surface area contributed by atoms with Crippen LogP contribution in [0.15, 0.2) is 53.5 Å². The maximum Gasteiger partial charge on any atom is 0.255 e. The Morgan fingerprint density at radius 2 is 1.91 bits per heavy atom. The molecule has 1 N–H and O–H groups in total. The van der Waals surface area contributed by atoms with Crippen LogP contribution in [0.1, 0.15) is 41.1 Å². The Balaban J connectivity index is 1.79. The molecule has 1 atom stereocenters. The van der Waals surface area contributed by atoms with Gasteiger partial charge in [-0.3, -0.25) is 9.59 Å². The van der Waals surface area contributed by atoms with E-state index >= 15 is 0 Å². The van der Waals surface area contributed by atoms with E-state index in [0.29, 0.717) is 11.5 Å². The predicted molar refractivity (Wildman–Crippen MR) is 86.0 cm³/mol. The number of hydrogen-bond donors (Lipinski definition) is 1. The molecule has 1 aliphatic rings. The van der Waals surface area contributed by atoms with Gasteiger partial charge in [0.2, 0.25) is 5.56 Å². The van der Waals surface area contributed by atoms with E-state index in [1.807, 2.05) is 23.1 Å². The van der Waals surface area contributed by atoms with Gasteiger partial charge in [-0.15, -0.1) is 0 Å². The number of nitrogens with zero attached hydrogens (tertiary/aromatic N) is 1. The highest BCUT2D eigenvalue weighted by Gasteiger charge is 2.23. The smallest absolute Gasteiger partial charge is 0.255 e. The van der Waals surface area contributed by atoms with Crippen molar-refractivity contribution in [3.63, 3.8) is 0 Å². The van der Waals surface area contributed by atoms with E-state index in [2.05, 4.69) is 17.1 Å². The minimum atomic E-state index is -0.186. The van der Waals surface area contributed by atoms with Gasteiger partial charge in [-0.2, -0.15) is 0 Å². The topological polar surface area (TPSA) is 53.2 Å². The highest BCUT2D eigenvalue weighted by Crippen LogP contribution is 2.27. The fourth-order valence-electron chi connectivity index (χ4n) is 3.05. The summed E-state index contributed by atoms with van der Waals surface area (Å²) in [5.41, 5.74) is 1.66. The Hall–Kier alpha value is -2.36. The highest BCUT2D eigenvalue weighted by molar-refractivity contribution is 5.93. The summed E-state index contributed by atoms with van der Waals surface area (Å²) in [6.07, 6.45) is 4.78. The minimum Gasteiger partial charge on any atom is -0.338 e. The Kier molecular flexibility index (Phi) is 4.37. The summed E-state index contributed by atoms with van der Waals surface area (Å²) in [5, 5.41) is 0. The Morgan fingerprint density at radius 3 is 2.64 bits per heavy atom. The van der Waals surface area contributed by atoms with Crippen LogP contribution in [0.3, 0.4) is 0 Å². The van der Waals surface area contributed by atoms with Crippen LogP contribution in [0.2, 0.25) is 0 Å². The number of likely N-dealkylation sites (tertiary alicyclic amines) is 1. The molecule has 1 amide bonds. The van der Waals surface area contributed by atoms with E-state index < -0.39 is 0 Å². The lowest BCUT2D eigenvalue weighted by atomic mass is 9.94. The lowest BCUT2D eigenvalue weighted by Gasteiger charge is -2.25. The molecule has 1 saturated heterocycles. The highest BCUT2D eigenvalue weighted by atomic mass is 16.2. The molecule has 3 rings (SSSR count). The number of aromatic nitrogens is 1. The van der Waals surface area contributed by atoms with Gasteiger partial charge in [-0.25, -0.2) is 0 Å². The van der Waals surface area contributed by atoms with Crippen molar-refractivity contribution in [2.75, 3.05) is 13.1 Å². The third-order valence-electron chi connectivity index (χ3n) is 4.26. The number of aromatic amines is 1. The number of nitrogens with one attached hydrogen (secondary N) is 1. The van der Waals surface area contributed by atoms with Crippen molar-refractivity contribution in [3.05, 3.63) is 70.1 Å². The second-order valence-corrected chi connectivity index (χ2v) is 5.80. The number of benzene rings is 1. The molecule has 0 saturated carbocycles. The second-order valence-electron chi connectivity index (χ2n) is 5.80. The molecule has 0 bridgehead atoms. The normalized spacial score (nSPS) is 18.7. The first kappa shape index (κ1) is 14.6. The van der Waals surface area contributed by atoms with Gasteiger partial charge in [0, 0.05) is 31.3 Å². The van der Waals surface area contributed by atoms with Crippen LogP contribution in [0, 0.1) is 0 Å². The third kappa shape index (κ3) is 3.27. The van der Waals surface area contributed by atoms with Gasteiger partial charge in [-0.1, -0.05) is 36.8 Å². The number of carbonyl (C=O) groups is 1. The fourth-order valence-corrected chi connectivity index (χ4v) is 3.05. The van der Waals surface area contributed by atoms with Gasteiger partial charge >= 0.3 is 0 Å². The Labute approximate surface area is 129 Å². The van der Waals surface area contributed by atoms with Gasteiger partial charge in [0.25, 0.3) is 5.91 Å². The van der Waals surface area contributed by atoms with Crippen molar-refractivity contribution in [2.24, 2.45) is 0 Å². The van der Waals surface area contributed by atoms with E-state index in [9.17, 15) is 9.59 Å². The average Bonchev–Trinajstić information content (AvgIpc) is 2.82. The Bertz CT molecular complexity index is 673. The van der Waals surface area contributed by atoms with E-state index in [-0.39, 0.29) is 11.5 Å². The monoisotopic (exact) mass is 296 g/mol. The largest absolute Gasteiger partial charge is 0.338 e. The number of rotatable bonds is 2. The van der Waals surface area contributed by atoms with Crippen LogP contribution < -0.4 is 5.56 Å². The second kappa shape index (κ2) is 6.60. The number of pyridine rings is 1. The summed E-state index contributed by atoms with van der Waals surface area (Å²) in [5.74, 6) is 0.384. The lowest BCUT2D eigenvalue weighted by molar-refractivity contribution is 0.0754. The molecule has 2 heterocycles. The molecule has 1 aliphatic heterocycles. The summed E-state index contributed by atoms with van der Waals surface area (Å²) in [6, 6.07) is 13.4. The maximum absolute atomic E-state index is 12.6. The summed E-state index contributed by atoms with van der Waals surface area (Å²) in [7, 11) is 0. The fraction of sp³-hybridized carbons (Fsp3) is 0.333. The molecular formula is C18H20N2O2. The first-order chi connectivity index (χ1) is 10.7. The average molecular weight is 296 g/mol. The van der Waals surface area contributed by atoms with Crippen molar-refractivity contribution in [2.45, 2.75) is 25.2 Å². The van der Waals surface area contributed by atoms with E-state index in [1.54, 1.807) is 6.07 Å². The molecular weight excluding hydrogens is 276 g/mol. The molecule has 114 valence electrons. The molecule has 1 unspecified atom stereocenters. The zero-order valence-corrected chi connectivity index (χ0v) is 12.5. The SMILES string of the molecule is O=C(c1ccc(=O)[nH]c1)N1CCCCC(c2ccccc2)C1. The number of amides is 1. The van der Waals surface area contributed by atoms with E-state index in [1.165, 1.54) is 17.8 Å². The summed E-state index contributed by atoms with van der Waals surface area (Å²) in [6.45, 7) is 1.52. The van der Waals surface area contributed by atoms with Crippen LogP contribution in [0.25, 0.3) is 0 Å². The number of H-pyrrole nitrogens is 1. The van der Waals surface area contributed by atoms with E-state index in [4.69, 9.17) is 0 Å². The zero-order chi connectivity index (χ0) is 15.4. The van der Waals surface area contributed by atoms with Crippen LogP contribution in [-0.4, -0.2) is 28.9 Å². The van der Waals surface area contributed by atoms with Gasteiger partial charge in [0.15, 0.2) is 0 Å². The summed E-state index contributed by atoms with van der Waals surface area (Å²) in [4.78, 5) is 28.3. The predicted octanol–water partition coefficient (Wildman–Crippen LogP) is 2.78. The molecule has 1 aromatic carbocycles. The molecule has 0 radical (unpaired) electrons. The van der Waals surface area contributed by atoms with Crippen molar-refractivity contribution < 1.29 is 4.79 Å². The quantitative estimate of drug-likeness (QED) is 0.926. The minimum absolute atomic E-state index is 0.000851. The van der Waals surface area contributed by atoms with Crippen molar-refractivity contribution >= 4 is 5.91 Å². The molecule has 22 heavy (non-hydrogen) atoms. The molecule has 4 nitrogen and oxygen atoms in total. The van der Waals surface area contributed by atoms with Crippen LogP contribution in [0.4, 0.5) is 0 Å². The molecule has 0 spiro atoms. The van der Waals surface area contributed by atoms with Gasteiger partial charge in [-0.05, 0) is 24.5 Å². The van der Waals surface area contributed by atoms with Crippen molar-refractivity contribution in [1.82, 2.24) is 9.88 Å². The summed E-state index contributed by atoms with van der Waals surface area (Å²) < 4.78 is 0. The third-order valence-corrected chi connectivity index (χ3v) is 4.26. The first-order valence-electron chi connectivity index (χ1n) is 7.77. The standard InChI is InChI=1S/C18H20N2O2/c21-17-10-9-15(12-19-17)18(22)20-11-5-4-8-16(13-20)14-6-2-1-3-7-14/h1-3,6-7,9-10,12,16H,4-5,8,11,13H2,(H,19,21). The van der Waals surface area contributed by atoms with Crippen molar-refractivity contribution in [3.8, 4) is 0 Å². The first-order valence-corrected chi connectivity index (χ1v) is 7.77. The molecule has 1 fully saturated rings. The van der Waals surface area contributed by atoms with Crippen LogP contribution in [0.5, 0.6) is 0 Å². The molecule has 1 aromatic heterocycles. The maximum atomic E-state index is 12.6. The number of hydrogen-bond acceptors (Lipinski definition) is 2. The number of carbonyl (C=O) groups excluding carboxylic acids is 1. The Morgan fingerprint density at radius 1 is 1.09 bits per heavy atom. The molecule has 0 aliphatic carbocycles. The zero-order valence-electron chi connectivity index (χ0n) is 12.5. The van der Waals surface area contributed by atoms with Crippen LogP contribution >= 0.6 is 0 Å². The van der Waals surface area contributed by atoms with Gasteiger partial charge in [0.1, 0.15) is 0 Å². The van der Waals surface area contributed by atoms with Crippen molar-refractivity contribution in [1.29, 1.82) is 0 Å².